The summed E-state index contributed by atoms with van der Waals surface area (Å²) in [6.45, 7) is 8.51. The second-order valence-corrected chi connectivity index (χ2v) is 8.28. The molecule has 3 aromatic rings. The lowest BCUT2D eigenvalue weighted by molar-refractivity contribution is 0.103. The fourth-order valence-corrected chi connectivity index (χ4v) is 3.80. The van der Waals surface area contributed by atoms with Crippen LogP contribution in [0.15, 0.2) is 42.5 Å². The minimum absolute atomic E-state index is 0.000470. The highest BCUT2D eigenvalue weighted by Gasteiger charge is 2.18. The molecule has 25 heavy (non-hydrogen) atoms. The van der Waals surface area contributed by atoms with Crippen LogP contribution in [0.1, 0.15) is 41.6 Å². The van der Waals surface area contributed by atoms with Gasteiger partial charge in [0.15, 0.2) is 0 Å². The third-order valence-electron chi connectivity index (χ3n) is 4.28. The average molecular weight is 353 g/mol. The van der Waals surface area contributed by atoms with Crippen molar-refractivity contribution in [1.29, 1.82) is 0 Å². The molecule has 0 bridgehead atoms. The fourth-order valence-electron chi connectivity index (χ4n) is 2.78. The van der Waals surface area contributed by atoms with Crippen molar-refractivity contribution in [3.8, 4) is 5.75 Å². The molecule has 0 fully saturated rings. The van der Waals surface area contributed by atoms with Gasteiger partial charge >= 0.3 is 0 Å². The highest BCUT2D eigenvalue weighted by Crippen LogP contribution is 2.33. The number of nitrogens with one attached hydrogen (secondary N) is 1. The lowest BCUT2D eigenvalue weighted by Crippen LogP contribution is -2.14. The van der Waals surface area contributed by atoms with Crippen LogP contribution in [0.4, 0.5) is 5.69 Å². The van der Waals surface area contributed by atoms with Gasteiger partial charge in [-0.3, -0.25) is 4.79 Å². The van der Waals surface area contributed by atoms with Crippen LogP contribution in [0.3, 0.4) is 0 Å². The number of anilines is 1. The maximum absolute atomic E-state index is 12.8. The van der Waals surface area contributed by atoms with Crippen molar-refractivity contribution < 1.29 is 9.53 Å². The van der Waals surface area contributed by atoms with Crippen molar-refractivity contribution in [3.63, 3.8) is 0 Å². The Morgan fingerprint density at radius 1 is 1.12 bits per heavy atom. The predicted molar refractivity (Wildman–Crippen MR) is 106 cm³/mol. The Bertz CT molecular complexity index is 935. The van der Waals surface area contributed by atoms with E-state index in [0.717, 1.165) is 15.6 Å². The maximum atomic E-state index is 12.8. The molecule has 0 aliphatic heterocycles. The molecule has 3 rings (SSSR count). The highest BCUT2D eigenvalue weighted by atomic mass is 32.1. The first-order valence-corrected chi connectivity index (χ1v) is 9.10. The smallest absolute Gasteiger partial charge is 0.265 e. The maximum Gasteiger partial charge on any atom is 0.265 e. The molecule has 0 unspecified atom stereocenters. The van der Waals surface area contributed by atoms with Crippen LogP contribution in [0.5, 0.6) is 5.75 Å². The Hall–Kier alpha value is -2.33. The van der Waals surface area contributed by atoms with E-state index in [2.05, 4.69) is 39.1 Å². The number of thiophene rings is 1. The van der Waals surface area contributed by atoms with Gasteiger partial charge in [0.05, 0.1) is 17.7 Å². The van der Waals surface area contributed by atoms with Gasteiger partial charge in [-0.25, -0.2) is 0 Å². The van der Waals surface area contributed by atoms with E-state index in [9.17, 15) is 4.79 Å². The summed E-state index contributed by atoms with van der Waals surface area (Å²) in [6, 6.07) is 14.0. The summed E-state index contributed by atoms with van der Waals surface area (Å²) >= 11 is 1.52. The molecule has 0 saturated carbocycles. The SMILES string of the molecule is COc1ccc(C(C)(C)C)cc1NC(=O)c1cc2cccc(C)c2s1. The van der Waals surface area contributed by atoms with E-state index in [1.807, 2.05) is 36.4 Å². The van der Waals surface area contributed by atoms with E-state index in [1.54, 1.807) is 7.11 Å². The first-order chi connectivity index (χ1) is 11.8. The zero-order valence-corrected chi connectivity index (χ0v) is 16.1. The van der Waals surface area contributed by atoms with Crippen molar-refractivity contribution in [2.45, 2.75) is 33.1 Å². The molecule has 1 N–H and O–H groups in total. The largest absolute Gasteiger partial charge is 0.495 e. The van der Waals surface area contributed by atoms with E-state index in [4.69, 9.17) is 4.74 Å². The Morgan fingerprint density at radius 3 is 2.52 bits per heavy atom. The molecule has 0 aliphatic rings. The Morgan fingerprint density at radius 2 is 1.88 bits per heavy atom. The summed E-state index contributed by atoms with van der Waals surface area (Å²) in [7, 11) is 1.62. The van der Waals surface area contributed by atoms with Crippen molar-refractivity contribution in [1.82, 2.24) is 0 Å². The molecule has 3 nitrogen and oxygen atoms in total. The van der Waals surface area contributed by atoms with Gasteiger partial charge in [-0.15, -0.1) is 11.3 Å². The number of amides is 1. The second kappa shape index (κ2) is 6.52. The normalized spacial score (nSPS) is 11.6. The summed E-state index contributed by atoms with van der Waals surface area (Å²) < 4.78 is 6.57. The number of methoxy groups -OCH3 is 1. The molecule has 0 atom stereocenters. The number of aryl methyl sites for hydroxylation is 1. The Kier molecular flexibility index (Phi) is 4.56. The van der Waals surface area contributed by atoms with Crippen molar-refractivity contribution >= 4 is 33.0 Å². The topological polar surface area (TPSA) is 38.3 Å². The van der Waals surface area contributed by atoms with Crippen LogP contribution in [-0.4, -0.2) is 13.0 Å². The zero-order valence-electron chi connectivity index (χ0n) is 15.3. The van der Waals surface area contributed by atoms with Gasteiger partial charge in [0.1, 0.15) is 5.75 Å². The van der Waals surface area contributed by atoms with Crippen molar-refractivity contribution in [2.75, 3.05) is 12.4 Å². The average Bonchev–Trinajstić information content (AvgIpc) is 3.00. The first kappa shape index (κ1) is 17.5. The van der Waals surface area contributed by atoms with E-state index in [0.29, 0.717) is 16.3 Å². The van der Waals surface area contributed by atoms with Crippen LogP contribution in [-0.2, 0) is 5.41 Å². The summed E-state index contributed by atoms with van der Waals surface area (Å²) in [4.78, 5) is 13.5. The van der Waals surface area contributed by atoms with Crippen LogP contribution in [0.2, 0.25) is 0 Å². The molecule has 1 aromatic heterocycles. The second-order valence-electron chi connectivity index (χ2n) is 7.22. The molecule has 130 valence electrons. The number of hydrogen-bond acceptors (Lipinski definition) is 3. The van der Waals surface area contributed by atoms with Gasteiger partial charge in [0, 0.05) is 4.70 Å². The summed E-state index contributed by atoms with van der Waals surface area (Å²) in [6.07, 6.45) is 0. The van der Waals surface area contributed by atoms with Gasteiger partial charge < -0.3 is 10.1 Å². The predicted octanol–water partition coefficient (Wildman–Crippen LogP) is 5.77. The van der Waals surface area contributed by atoms with Crippen LogP contribution in [0.25, 0.3) is 10.1 Å². The van der Waals surface area contributed by atoms with Crippen LogP contribution < -0.4 is 10.1 Å². The lowest BCUT2D eigenvalue weighted by Gasteiger charge is -2.21. The Labute approximate surface area is 152 Å². The standard InChI is InChI=1S/C21H23NO2S/c1-13-7-6-8-14-11-18(25-19(13)14)20(23)22-16-12-15(21(2,3)4)9-10-17(16)24-5/h6-12H,1-5H3,(H,22,23). The van der Waals surface area contributed by atoms with Gasteiger partial charge in [-0.1, -0.05) is 45.0 Å². The molecule has 1 heterocycles. The number of benzene rings is 2. The molecule has 0 spiro atoms. The lowest BCUT2D eigenvalue weighted by atomic mass is 9.87. The first-order valence-electron chi connectivity index (χ1n) is 8.28. The number of rotatable bonds is 3. The van der Waals surface area contributed by atoms with E-state index in [-0.39, 0.29) is 11.3 Å². The third kappa shape index (κ3) is 3.54. The quantitative estimate of drug-likeness (QED) is 0.649. The molecule has 0 radical (unpaired) electrons. The molecule has 4 heteroatoms. The van der Waals surface area contributed by atoms with E-state index < -0.39 is 0 Å². The number of ether oxygens (including phenoxy) is 1. The van der Waals surface area contributed by atoms with Crippen LogP contribution >= 0.6 is 11.3 Å². The van der Waals surface area contributed by atoms with E-state index in [1.165, 1.54) is 16.9 Å². The molecule has 0 saturated heterocycles. The van der Waals surface area contributed by atoms with Crippen LogP contribution in [0, 0.1) is 6.92 Å². The molecule has 0 aliphatic carbocycles. The van der Waals surface area contributed by atoms with E-state index >= 15 is 0 Å². The highest BCUT2D eigenvalue weighted by molar-refractivity contribution is 7.21. The fraction of sp³-hybridized carbons (Fsp3) is 0.286. The zero-order chi connectivity index (χ0) is 18.2. The van der Waals surface area contributed by atoms with Gasteiger partial charge in [-0.05, 0) is 47.1 Å². The number of fused-ring (bicyclic) bond motifs is 1. The summed E-state index contributed by atoms with van der Waals surface area (Å²) in [5.41, 5.74) is 3.04. The molecular weight excluding hydrogens is 330 g/mol. The molecule has 1 amide bonds. The minimum Gasteiger partial charge on any atom is -0.495 e. The summed E-state index contributed by atoms with van der Waals surface area (Å²) in [5, 5.41) is 4.12. The van der Waals surface area contributed by atoms with Gasteiger partial charge in [-0.2, -0.15) is 0 Å². The number of hydrogen-bond donors (Lipinski definition) is 1. The van der Waals surface area contributed by atoms with Crippen molar-refractivity contribution in [2.24, 2.45) is 0 Å². The Balaban J connectivity index is 1.95. The van der Waals surface area contributed by atoms with Crippen molar-refractivity contribution in [3.05, 3.63) is 58.5 Å². The number of carbonyl (C=O) groups is 1. The van der Waals surface area contributed by atoms with Gasteiger partial charge in [0.2, 0.25) is 0 Å². The molecule has 2 aromatic carbocycles. The minimum atomic E-state index is -0.107. The summed E-state index contributed by atoms with van der Waals surface area (Å²) in [5.74, 6) is 0.559. The molecular formula is C21H23NO2S. The van der Waals surface area contributed by atoms with Gasteiger partial charge in [0.25, 0.3) is 5.91 Å². The number of carbonyl (C=O) groups excluding carboxylic acids is 1. The third-order valence-corrected chi connectivity index (χ3v) is 5.56. The monoisotopic (exact) mass is 353 g/mol.